The summed E-state index contributed by atoms with van der Waals surface area (Å²) in [6.07, 6.45) is 15.0. The molecule has 0 fully saturated rings. The van der Waals surface area contributed by atoms with Crippen molar-refractivity contribution in [2.24, 2.45) is 4.99 Å². The molecule has 0 N–H and O–H groups in total. The van der Waals surface area contributed by atoms with Gasteiger partial charge in [0.05, 0.1) is 34.4 Å². The van der Waals surface area contributed by atoms with Crippen LogP contribution in [0.15, 0.2) is 188 Å². The van der Waals surface area contributed by atoms with Crippen molar-refractivity contribution in [1.29, 1.82) is 0 Å². The van der Waals surface area contributed by atoms with Crippen molar-refractivity contribution in [1.82, 2.24) is 29.0 Å². The van der Waals surface area contributed by atoms with Crippen LogP contribution in [0.5, 0.6) is 0 Å². The van der Waals surface area contributed by atoms with E-state index in [-0.39, 0.29) is 0 Å². The second-order valence-electron chi connectivity index (χ2n) is 10.3. The van der Waals surface area contributed by atoms with Crippen LogP contribution in [-0.2, 0) is 4.74 Å². The second-order valence-corrected chi connectivity index (χ2v) is 10.3. The van der Waals surface area contributed by atoms with Gasteiger partial charge in [0.2, 0.25) is 0 Å². The third-order valence-electron chi connectivity index (χ3n) is 7.13. The van der Waals surface area contributed by atoms with Gasteiger partial charge in [-0.15, -0.1) is 0 Å². The Kier molecular flexibility index (Phi) is 10.8. The molecule has 234 valence electrons. The van der Waals surface area contributed by atoms with Gasteiger partial charge in [0, 0.05) is 58.8 Å². The maximum absolute atomic E-state index is 5.00. The summed E-state index contributed by atoms with van der Waals surface area (Å²) in [6.45, 7) is 0.455. The Balaban J connectivity index is 0.000000105. The monoisotopic (exact) mass is 627 g/mol. The van der Waals surface area contributed by atoms with Crippen molar-refractivity contribution in [3.8, 4) is 0 Å². The van der Waals surface area contributed by atoms with E-state index in [1.807, 2.05) is 140 Å². The molecule has 6 aromatic heterocycles. The topological polar surface area (TPSA) is 82.0 Å². The van der Waals surface area contributed by atoms with E-state index in [1.54, 1.807) is 24.9 Å². The van der Waals surface area contributed by atoms with E-state index in [0.29, 0.717) is 6.73 Å². The Labute approximate surface area is 277 Å². The lowest BCUT2D eigenvalue weighted by atomic mass is 10.2. The predicted octanol–water partition coefficient (Wildman–Crippen LogP) is 7.17. The smallest absolute Gasteiger partial charge is 0.178 e. The van der Waals surface area contributed by atoms with Gasteiger partial charge in [-0.05, 0) is 84.9 Å². The summed E-state index contributed by atoms with van der Waals surface area (Å²) in [5, 5.41) is 10.9. The van der Waals surface area contributed by atoms with Crippen LogP contribution in [0.2, 0.25) is 0 Å². The van der Waals surface area contributed by atoms with Crippen LogP contribution in [0.3, 0.4) is 0 Å². The van der Waals surface area contributed by atoms with Gasteiger partial charge in [-0.3, -0.25) is 9.97 Å². The molecule has 3 aromatic carbocycles. The maximum Gasteiger partial charge on any atom is 0.178 e. The van der Waals surface area contributed by atoms with E-state index in [9.17, 15) is 0 Å². The summed E-state index contributed by atoms with van der Waals surface area (Å²) in [6, 6.07) is 46.1. The number of pyridine rings is 2. The number of fused-ring (bicyclic) bond motifs is 5. The van der Waals surface area contributed by atoms with Crippen molar-refractivity contribution >= 4 is 39.2 Å². The molecule has 48 heavy (non-hydrogen) atoms. The number of benzene rings is 3. The van der Waals surface area contributed by atoms with Gasteiger partial charge in [0.15, 0.2) is 6.73 Å². The first kappa shape index (κ1) is 31.3. The van der Waals surface area contributed by atoms with Crippen LogP contribution in [0.4, 0.5) is 0 Å². The minimum absolute atomic E-state index is 0.455. The zero-order valence-electron chi connectivity index (χ0n) is 26.1. The van der Waals surface area contributed by atoms with Crippen LogP contribution in [0, 0.1) is 0 Å². The first-order valence-corrected chi connectivity index (χ1v) is 15.4. The Hall–Kier alpha value is -6.67. The second kappa shape index (κ2) is 16.6. The zero-order valence-corrected chi connectivity index (χ0v) is 26.1. The number of hydrogen-bond acceptors (Lipinski definition) is 6. The first-order chi connectivity index (χ1) is 23.8. The summed E-state index contributed by atoms with van der Waals surface area (Å²) in [5.74, 6) is 0. The SMILES string of the molecule is C1=c2ccccc2=NCO1.c1ccc2nccnc2c1.c1ccc2nnccc2c1.c1ccn2cccc2c1.c1ccn2cccc2c1. The molecule has 9 aromatic rings. The largest absolute Gasteiger partial charge is 0.478 e. The third-order valence-corrected chi connectivity index (χ3v) is 7.13. The number of nitrogens with zero attached hydrogens (tertiary/aromatic N) is 7. The average molecular weight is 628 g/mol. The van der Waals surface area contributed by atoms with E-state index >= 15 is 0 Å². The van der Waals surface area contributed by atoms with E-state index in [4.69, 9.17) is 4.74 Å². The van der Waals surface area contributed by atoms with Crippen molar-refractivity contribution < 1.29 is 4.74 Å². The fourth-order valence-electron chi connectivity index (χ4n) is 4.76. The molecule has 0 saturated heterocycles. The molecular weight excluding hydrogens is 594 g/mol. The molecule has 0 unspecified atom stereocenters. The molecule has 8 heteroatoms. The fourth-order valence-corrected chi connectivity index (χ4v) is 4.76. The van der Waals surface area contributed by atoms with Gasteiger partial charge in [-0.25, -0.2) is 4.99 Å². The molecule has 8 nitrogen and oxygen atoms in total. The predicted molar refractivity (Wildman–Crippen MR) is 192 cm³/mol. The lowest BCUT2D eigenvalue weighted by Gasteiger charge is -1.99. The summed E-state index contributed by atoms with van der Waals surface area (Å²) < 4.78 is 9.17. The Bertz CT molecular complexity index is 2090. The van der Waals surface area contributed by atoms with Crippen LogP contribution in [-0.4, -0.2) is 35.7 Å². The van der Waals surface area contributed by atoms with E-state index in [2.05, 4.69) is 58.2 Å². The quantitative estimate of drug-likeness (QED) is 0.178. The molecule has 1 aliphatic rings. The van der Waals surface area contributed by atoms with E-state index in [0.717, 1.165) is 32.5 Å². The Morgan fingerprint density at radius 3 is 1.65 bits per heavy atom. The number of rotatable bonds is 0. The molecule has 0 aliphatic carbocycles. The van der Waals surface area contributed by atoms with Crippen molar-refractivity contribution in [2.45, 2.75) is 0 Å². The molecule has 0 atom stereocenters. The molecule has 1 aliphatic heterocycles. The molecule has 10 rings (SSSR count). The van der Waals surface area contributed by atoms with Crippen LogP contribution < -0.4 is 10.6 Å². The van der Waals surface area contributed by atoms with Crippen molar-refractivity contribution in [3.05, 3.63) is 193 Å². The molecule has 0 saturated carbocycles. The summed E-state index contributed by atoms with van der Waals surface area (Å²) in [4.78, 5) is 12.4. The average Bonchev–Trinajstić information content (AvgIpc) is 3.87. The highest BCUT2D eigenvalue weighted by Crippen LogP contribution is 2.07. The zero-order chi connectivity index (χ0) is 32.6. The van der Waals surface area contributed by atoms with Gasteiger partial charge in [0.25, 0.3) is 0 Å². The lowest BCUT2D eigenvalue weighted by molar-refractivity contribution is 0.296. The molecule has 0 radical (unpaired) electrons. The fraction of sp³-hybridized carbons (Fsp3) is 0.0250. The van der Waals surface area contributed by atoms with Crippen LogP contribution >= 0.6 is 0 Å². The molecular formula is C40H33N7O. The summed E-state index contributed by atoms with van der Waals surface area (Å²) >= 11 is 0. The van der Waals surface area contributed by atoms with Gasteiger partial charge >= 0.3 is 0 Å². The highest BCUT2D eigenvalue weighted by Gasteiger charge is 1.91. The molecule has 7 heterocycles. The van der Waals surface area contributed by atoms with E-state index < -0.39 is 0 Å². The number of aromatic nitrogens is 6. The van der Waals surface area contributed by atoms with Crippen molar-refractivity contribution in [2.75, 3.05) is 6.73 Å². The first-order valence-electron chi connectivity index (χ1n) is 15.4. The van der Waals surface area contributed by atoms with Crippen LogP contribution in [0.25, 0.3) is 39.2 Å². The minimum Gasteiger partial charge on any atom is -0.478 e. The van der Waals surface area contributed by atoms with E-state index in [1.165, 1.54) is 11.0 Å². The molecule has 0 amide bonds. The Morgan fingerprint density at radius 2 is 1.02 bits per heavy atom. The molecule has 0 spiro atoms. The van der Waals surface area contributed by atoms with Gasteiger partial charge < -0.3 is 13.5 Å². The lowest BCUT2D eigenvalue weighted by Crippen LogP contribution is -2.27. The highest BCUT2D eigenvalue weighted by molar-refractivity contribution is 5.77. The van der Waals surface area contributed by atoms with Crippen LogP contribution in [0.1, 0.15) is 0 Å². The minimum atomic E-state index is 0.455. The number of hydrogen-bond donors (Lipinski definition) is 0. The van der Waals surface area contributed by atoms with Gasteiger partial charge in [-0.1, -0.05) is 54.6 Å². The van der Waals surface area contributed by atoms with Gasteiger partial charge in [0.1, 0.15) is 0 Å². The number of ether oxygens (including phenoxy) is 1. The Morgan fingerprint density at radius 1 is 0.479 bits per heavy atom. The summed E-state index contributed by atoms with van der Waals surface area (Å²) in [5.41, 5.74) is 5.34. The maximum atomic E-state index is 5.00. The standard InChI is InChI=1S/2C8H6N2.C8H7NO.2C8H7N/c1-2-4-8-7(3-1)9-5-6-10-8;1-2-4-8-7(3-1)5-6-9-10-8;1-2-4-8-7(3-1)5-10-6-9-8;2*1-2-6-9-7-3-5-8(9)4-1/h2*1-6H;1-5H,6H2;2*1-7H. The van der Waals surface area contributed by atoms with Crippen molar-refractivity contribution in [3.63, 3.8) is 0 Å². The highest BCUT2D eigenvalue weighted by atomic mass is 16.5. The molecule has 0 bridgehead atoms. The number of para-hydroxylation sites is 3. The summed E-state index contributed by atoms with van der Waals surface area (Å²) in [7, 11) is 0. The third kappa shape index (κ3) is 8.74. The van der Waals surface area contributed by atoms with Gasteiger partial charge in [-0.2, -0.15) is 10.2 Å². The normalized spacial score (nSPS) is 10.9.